The first-order valence-electron chi connectivity index (χ1n) is 9.66. The second kappa shape index (κ2) is 5.66. The molecule has 4 aliphatic rings. The molecule has 5 rings (SSSR count). The van der Waals surface area contributed by atoms with Crippen molar-refractivity contribution in [1.29, 1.82) is 0 Å². The van der Waals surface area contributed by atoms with Gasteiger partial charge in [0.25, 0.3) is 11.8 Å². The highest BCUT2D eigenvalue weighted by Crippen LogP contribution is 3.00. The van der Waals surface area contributed by atoms with Crippen LogP contribution in [0.25, 0.3) is 0 Å². The lowest BCUT2D eigenvalue weighted by Crippen LogP contribution is -2.49. The predicted molar refractivity (Wildman–Crippen MR) is 96.4 cm³/mol. The van der Waals surface area contributed by atoms with Gasteiger partial charge in [0, 0.05) is 30.0 Å². The Morgan fingerprint density at radius 2 is 1.93 bits per heavy atom. The summed E-state index contributed by atoms with van der Waals surface area (Å²) in [5.74, 6) is -4.23. The molecule has 1 saturated heterocycles. The maximum absolute atomic E-state index is 14.4. The van der Waals surface area contributed by atoms with Gasteiger partial charge in [0.2, 0.25) is 0 Å². The Hall–Kier alpha value is -1.81. The second-order valence-electron chi connectivity index (χ2n) is 8.79. The molecule has 1 amide bonds. The Bertz CT molecular complexity index is 1010. The average molecular weight is 430 g/mol. The molecule has 10 heteroatoms. The average Bonchev–Trinajstić information content (AvgIpc) is 3.25. The molecule has 6 nitrogen and oxygen atoms in total. The van der Waals surface area contributed by atoms with Gasteiger partial charge in [0.15, 0.2) is 0 Å². The number of hydrogen-bond acceptors (Lipinski definition) is 4. The van der Waals surface area contributed by atoms with E-state index in [2.05, 4.69) is 0 Å². The Morgan fingerprint density at radius 1 is 1.28 bits per heavy atom. The van der Waals surface area contributed by atoms with E-state index in [1.807, 2.05) is 4.72 Å². The van der Waals surface area contributed by atoms with Crippen molar-refractivity contribution in [2.24, 2.45) is 16.7 Å². The minimum atomic E-state index is -3.97. The van der Waals surface area contributed by atoms with Gasteiger partial charge >= 0.3 is 10.2 Å². The summed E-state index contributed by atoms with van der Waals surface area (Å²) in [6.07, 6.45) is 2.17. The van der Waals surface area contributed by atoms with Crippen molar-refractivity contribution in [3.05, 3.63) is 29.1 Å². The summed E-state index contributed by atoms with van der Waals surface area (Å²) in [7, 11) is -3.97. The lowest BCUT2D eigenvalue weighted by Gasteiger charge is -2.29. The summed E-state index contributed by atoms with van der Waals surface area (Å²) in [6, 6.07) is 2.28. The topological polar surface area (TPSA) is 75.7 Å². The largest absolute Gasteiger partial charge is 0.493 e. The molecule has 4 fully saturated rings. The highest BCUT2D eigenvalue weighted by atomic mass is 32.2. The van der Waals surface area contributed by atoms with Crippen molar-refractivity contribution in [2.45, 2.75) is 38.5 Å². The smallest absolute Gasteiger partial charge is 0.304 e. The maximum atomic E-state index is 14.4. The zero-order chi connectivity index (χ0) is 20.8. The molecular weight excluding hydrogens is 409 g/mol. The van der Waals surface area contributed by atoms with E-state index in [0.29, 0.717) is 37.9 Å². The normalized spacial score (nSPS) is 34.0. The number of nitrogens with one attached hydrogen (secondary N) is 1. The minimum Gasteiger partial charge on any atom is -0.493 e. The maximum Gasteiger partial charge on any atom is 0.304 e. The summed E-state index contributed by atoms with van der Waals surface area (Å²) in [5, 5.41) is 0. The van der Waals surface area contributed by atoms with E-state index in [1.165, 1.54) is 6.07 Å². The van der Waals surface area contributed by atoms with Crippen LogP contribution in [0.1, 0.15) is 41.6 Å². The van der Waals surface area contributed by atoms with E-state index >= 15 is 0 Å². The van der Waals surface area contributed by atoms with E-state index in [0.717, 1.165) is 16.8 Å². The Balaban J connectivity index is 1.23. The van der Waals surface area contributed by atoms with Crippen molar-refractivity contribution < 1.29 is 31.1 Å². The molecule has 3 saturated carbocycles. The summed E-state index contributed by atoms with van der Waals surface area (Å²) in [5.41, 5.74) is -1.54. The molecule has 2 atom stereocenters. The third-order valence-electron chi connectivity index (χ3n) is 7.17. The molecule has 3 aliphatic carbocycles. The number of rotatable bonds is 6. The summed E-state index contributed by atoms with van der Waals surface area (Å²) in [4.78, 5) is 12.2. The molecule has 0 spiro atoms. The van der Waals surface area contributed by atoms with Gasteiger partial charge in [-0.1, -0.05) is 0 Å². The zero-order valence-electron chi connectivity index (χ0n) is 15.8. The first kappa shape index (κ1) is 19.2. The third kappa shape index (κ3) is 2.44. The first-order chi connectivity index (χ1) is 13.5. The molecule has 1 aromatic rings. The van der Waals surface area contributed by atoms with Crippen LogP contribution in [0.15, 0.2) is 12.1 Å². The fourth-order valence-electron chi connectivity index (χ4n) is 5.26. The van der Waals surface area contributed by atoms with Crippen molar-refractivity contribution in [2.75, 3.05) is 19.7 Å². The number of alkyl halides is 2. The minimum absolute atomic E-state index is 0.00970. The van der Waals surface area contributed by atoms with Crippen LogP contribution < -0.4 is 9.46 Å². The van der Waals surface area contributed by atoms with Crippen LogP contribution in [0, 0.1) is 29.5 Å². The van der Waals surface area contributed by atoms with Crippen LogP contribution in [0.4, 0.5) is 13.2 Å². The van der Waals surface area contributed by atoms with Gasteiger partial charge in [0.1, 0.15) is 11.6 Å². The van der Waals surface area contributed by atoms with Crippen LogP contribution in [-0.4, -0.2) is 44.2 Å². The lowest BCUT2D eigenvalue weighted by molar-refractivity contribution is -0.0290. The second-order valence-corrected chi connectivity index (χ2v) is 10.5. The van der Waals surface area contributed by atoms with Crippen LogP contribution in [0.3, 0.4) is 0 Å². The number of carbonyl (C=O) groups is 1. The highest BCUT2D eigenvalue weighted by molar-refractivity contribution is 7.87. The Kier molecular flexibility index (Phi) is 3.74. The van der Waals surface area contributed by atoms with Crippen molar-refractivity contribution in [3.63, 3.8) is 0 Å². The summed E-state index contributed by atoms with van der Waals surface area (Å²) >= 11 is 0. The number of hydrogen-bond donors (Lipinski definition) is 1. The molecule has 29 heavy (non-hydrogen) atoms. The van der Waals surface area contributed by atoms with Gasteiger partial charge in [-0.05, 0) is 50.2 Å². The molecule has 2 unspecified atom stereocenters. The highest BCUT2D eigenvalue weighted by Gasteiger charge is 3.05. The van der Waals surface area contributed by atoms with Crippen molar-refractivity contribution in [3.8, 4) is 5.75 Å². The van der Waals surface area contributed by atoms with Crippen LogP contribution >= 0.6 is 0 Å². The van der Waals surface area contributed by atoms with Gasteiger partial charge < -0.3 is 4.74 Å². The van der Waals surface area contributed by atoms with Crippen LogP contribution in [0.5, 0.6) is 5.75 Å². The number of amides is 1. The van der Waals surface area contributed by atoms with Crippen LogP contribution in [0.2, 0.25) is 0 Å². The number of nitrogens with zero attached hydrogens (tertiary/aromatic N) is 1. The fourth-order valence-corrected chi connectivity index (χ4v) is 6.47. The molecular formula is C19H21F3N2O4S. The number of ether oxygens (including phenoxy) is 1. The van der Waals surface area contributed by atoms with E-state index in [4.69, 9.17) is 4.74 Å². The number of aryl methyl sites for hydroxylation is 1. The van der Waals surface area contributed by atoms with Gasteiger partial charge in [-0.15, -0.1) is 0 Å². The van der Waals surface area contributed by atoms with E-state index in [1.54, 1.807) is 6.92 Å². The molecule has 0 bridgehead atoms. The van der Waals surface area contributed by atoms with E-state index in [9.17, 15) is 26.4 Å². The lowest BCUT2D eigenvalue weighted by atomic mass is 9.89. The zero-order valence-corrected chi connectivity index (χ0v) is 16.6. The van der Waals surface area contributed by atoms with Crippen LogP contribution in [-0.2, 0) is 10.2 Å². The Morgan fingerprint density at radius 3 is 2.48 bits per heavy atom. The summed E-state index contributed by atoms with van der Waals surface area (Å²) in [6.45, 7) is 2.48. The first-order valence-corrected chi connectivity index (χ1v) is 11.1. The van der Waals surface area contributed by atoms with Crippen molar-refractivity contribution in [1.82, 2.24) is 9.03 Å². The van der Waals surface area contributed by atoms with E-state index < -0.39 is 38.7 Å². The monoisotopic (exact) mass is 430 g/mol. The molecule has 0 aromatic heterocycles. The number of halogens is 3. The quantitative estimate of drug-likeness (QED) is 0.753. The standard InChI is InChI=1S/C19H21F3N2O4S/c1-11-5-13(16(25)23-29(26,27)24-3-2-4-24)14(20)6-15(11)28-9-12-7-17-10-18(17,8-12)19(17,21)22/h5-6,12H,2-4,7-10H2,1H3,(H,23,25). The van der Waals surface area contributed by atoms with E-state index in [-0.39, 0.29) is 23.8 Å². The van der Waals surface area contributed by atoms with Crippen molar-refractivity contribution >= 4 is 16.1 Å². The SMILES string of the molecule is Cc1cc(C(=O)NS(=O)(=O)N2CCC2)c(F)cc1OCC1CC23CC2(C1)C3(F)F. The molecule has 158 valence electrons. The molecule has 1 aromatic carbocycles. The van der Waals surface area contributed by atoms with Gasteiger partial charge in [-0.3, -0.25) is 4.79 Å². The molecule has 1 heterocycles. The van der Waals surface area contributed by atoms with Gasteiger partial charge in [0.05, 0.1) is 12.2 Å². The molecule has 0 radical (unpaired) electrons. The third-order valence-corrected chi connectivity index (χ3v) is 8.66. The van der Waals surface area contributed by atoms with Gasteiger partial charge in [-0.25, -0.2) is 17.9 Å². The molecule has 1 aliphatic heterocycles. The number of benzene rings is 1. The molecule has 1 N–H and O–H groups in total. The number of carbonyl (C=O) groups excluding carboxylic acids is 1. The fraction of sp³-hybridized carbons (Fsp3) is 0.632. The van der Waals surface area contributed by atoms with Gasteiger partial charge in [-0.2, -0.15) is 12.7 Å². The predicted octanol–water partition coefficient (Wildman–Crippen LogP) is 2.63. The summed E-state index contributed by atoms with van der Waals surface area (Å²) < 4.78 is 74.4. The Labute approximate surface area is 166 Å².